The fourth-order valence-electron chi connectivity index (χ4n) is 2.23. The maximum Gasteiger partial charge on any atom is 0.242 e. The average molecular weight is 262 g/mol. The highest BCUT2D eigenvalue weighted by Gasteiger charge is 2.33. The SMILES string of the molecule is CCN(Cc1cccc(C)c1)C(=O)C(N)(CC)CC. The minimum atomic E-state index is -0.722. The first-order valence-corrected chi connectivity index (χ1v) is 7.10. The van der Waals surface area contributed by atoms with Crippen molar-refractivity contribution in [1.29, 1.82) is 0 Å². The number of aryl methyl sites for hydroxylation is 1. The Hall–Kier alpha value is -1.35. The number of carbonyl (C=O) groups is 1. The van der Waals surface area contributed by atoms with Crippen molar-refractivity contribution in [2.75, 3.05) is 6.54 Å². The van der Waals surface area contributed by atoms with Gasteiger partial charge in [-0.05, 0) is 32.3 Å². The van der Waals surface area contributed by atoms with Crippen LogP contribution in [0.25, 0.3) is 0 Å². The van der Waals surface area contributed by atoms with E-state index in [9.17, 15) is 4.79 Å². The quantitative estimate of drug-likeness (QED) is 0.857. The fraction of sp³-hybridized carbons (Fsp3) is 0.562. The van der Waals surface area contributed by atoms with E-state index in [1.165, 1.54) is 5.56 Å². The highest BCUT2D eigenvalue weighted by Crippen LogP contribution is 2.17. The highest BCUT2D eigenvalue weighted by atomic mass is 16.2. The lowest BCUT2D eigenvalue weighted by Crippen LogP contribution is -2.54. The standard InChI is InChI=1S/C16H26N2O/c1-5-16(17,6-2)15(19)18(7-3)12-14-10-8-9-13(4)11-14/h8-11H,5-7,12,17H2,1-4H3. The van der Waals surface area contributed by atoms with E-state index in [0.717, 1.165) is 5.56 Å². The van der Waals surface area contributed by atoms with Gasteiger partial charge in [-0.25, -0.2) is 0 Å². The molecular weight excluding hydrogens is 236 g/mol. The summed E-state index contributed by atoms with van der Waals surface area (Å²) in [7, 11) is 0. The molecule has 0 spiro atoms. The van der Waals surface area contributed by atoms with Crippen LogP contribution in [0.1, 0.15) is 44.7 Å². The molecule has 106 valence electrons. The molecule has 1 aromatic carbocycles. The van der Waals surface area contributed by atoms with Crippen molar-refractivity contribution >= 4 is 5.91 Å². The van der Waals surface area contributed by atoms with Crippen LogP contribution in [0.2, 0.25) is 0 Å². The summed E-state index contributed by atoms with van der Waals surface area (Å²) in [6.07, 6.45) is 1.35. The molecular formula is C16H26N2O. The Labute approximate surface area is 116 Å². The number of nitrogens with zero attached hydrogens (tertiary/aromatic N) is 1. The van der Waals surface area contributed by atoms with Crippen LogP contribution >= 0.6 is 0 Å². The van der Waals surface area contributed by atoms with Crippen LogP contribution in [-0.2, 0) is 11.3 Å². The first kappa shape index (κ1) is 15.7. The van der Waals surface area contributed by atoms with Crippen LogP contribution in [0, 0.1) is 6.92 Å². The molecule has 1 rings (SSSR count). The van der Waals surface area contributed by atoms with Crippen molar-refractivity contribution < 1.29 is 4.79 Å². The Balaban J connectivity index is 2.87. The summed E-state index contributed by atoms with van der Waals surface area (Å²) in [5.74, 6) is 0.0570. The van der Waals surface area contributed by atoms with Gasteiger partial charge < -0.3 is 10.6 Å². The molecule has 0 atom stereocenters. The molecule has 0 heterocycles. The Morgan fingerprint density at radius 3 is 2.37 bits per heavy atom. The van der Waals surface area contributed by atoms with E-state index >= 15 is 0 Å². The van der Waals surface area contributed by atoms with Gasteiger partial charge in [-0.2, -0.15) is 0 Å². The molecule has 2 N–H and O–H groups in total. The van der Waals surface area contributed by atoms with Gasteiger partial charge in [-0.3, -0.25) is 4.79 Å². The first-order valence-electron chi connectivity index (χ1n) is 7.10. The topological polar surface area (TPSA) is 46.3 Å². The van der Waals surface area contributed by atoms with Crippen molar-refractivity contribution in [1.82, 2.24) is 4.90 Å². The van der Waals surface area contributed by atoms with Crippen LogP contribution in [0.15, 0.2) is 24.3 Å². The average Bonchev–Trinajstić information content (AvgIpc) is 2.43. The Morgan fingerprint density at radius 1 is 1.26 bits per heavy atom. The van der Waals surface area contributed by atoms with Gasteiger partial charge in [0.15, 0.2) is 0 Å². The molecule has 0 aromatic heterocycles. The zero-order valence-corrected chi connectivity index (χ0v) is 12.6. The molecule has 0 unspecified atom stereocenters. The van der Waals surface area contributed by atoms with E-state index in [-0.39, 0.29) is 5.91 Å². The van der Waals surface area contributed by atoms with Gasteiger partial charge in [0.2, 0.25) is 5.91 Å². The van der Waals surface area contributed by atoms with Crippen LogP contribution < -0.4 is 5.73 Å². The van der Waals surface area contributed by atoms with Crippen molar-refractivity contribution in [2.24, 2.45) is 5.73 Å². The molecule has 0 saturated carbocycles. The zero-order chi connectivity index (χ0) is 14.5. The van der Waals surface area contributed by atoms with Crippen LogP contribution in [0.3, 0.4) is 0 Å². The number of likely N-dealkylation sites (N-methyl/N-ethyl adjacent to an activating group) is 1. The first-order chi connectivity index (χ1) is 8.96. The largest absolute Gasteiger partial charge is 0.337 e. The Bertz CT molecular complexity index is 425. The predicted octanol–water partition coefficient (Wildman–Crippen LogP) is 2.86. The van der Waals surface area contributed by atoms with E-state index in [1.54, 1.807) is 0 Å². The van der Waals surface area contributed by atoms with Gasteiger partial charge in [0.25, 0.3) is 0 Å². The Morgan fingerprint density at radius 2 is 1.89 bits per heavy atom. The maximum atomic E-state index is 12.5. The molecule has 0 aliphatic heterocycles. The zero-order valence-electron chi connectivity index (χ0n) is 12.6. The van der Waals surface area contributed by atoms with E-state index < -0.39 is 5.54 Å². The van der Waals surface area contributed by atoms with E-state index in [0.29, 0.717) is 25.9 Å². The molecule has 1 amide bonds. The lowest BCUT2D eigenvalue weighted by Gasteiger charge is -2.32. The lowest BCUT2D eigenvalue weighted by molar-refractivity contribution is -0.137. The molecule has 0 radical (unpaired) electrons. The second kappa shape index (κ2) is 6.71. The third-order valence-electron chi connectivity index (χ3n) is 3.81. The van der Waals surface area contributed by atoms with Crippen molar-refractivity contribution in [3.05, 3.63) is 35.4 Å². The van der Waals surface area contributed by atoms with Crippen LogP contribution in [0.4, 0.5) is 0 Å². The van der Waals surface area contributed by atoms with Crippen molar-refractivity contribution in [3.63, 3.8) is 0 Å². The lowest BCUT2D eigenvalue weighted by atomic mass is 9.92. The number of nitrogens with two attached hydrogens (primary N) is 1. The number of hydrogen-bond donors (Lipinski definition) is 1. The smallest absolute Gasteiger partial charge is 0.242 e. The molecule has 19 heavy (non-hydrogen) atoms. The Kier molecular flexibility index (Phi) is 5.55. The van der Waals surface area contributed by atoms with Crippen molar-refractivity contribution in [3.8, 4) is 0 Å². The number of rotatable bonds is 6. The summed E-state index contributed by atoms with van der Waals surface area (Å²) in [5.41, 5.74) is 7.86. The second-order valence-electron chi connectivity index (χ2n) is 5.17. The van der Waals surface area contributed by atoms with Gasteiger partial charge >= 0.3 is 0 Å². The number of hydrogen-bond acceptors (Lipinski definition) is 2. The van der Waals surface area contributed by atoms with E-state index in [4.69, 9.17) is 5.73 Å². The van der Waals surface area contributed by atoms with Gasteiger partial charge in [-0.1, -0.05) is 43.7 Å². The number of benzene rings is 1. The number of carbonyl (C=O) groups excluding carboxylic acids is 1. The summed E-state index contributed by atoms with van der Waals surface area (Å²) in [5, 5.41) is 0. The predicted molar refractivity (Wildman–Crippen MR) is 79.8 cm³/mol. The summed E-state index contributed by atoms with van der Waals surface area (Å²) in [6, 6.07) is 8.26. The van der Waals surface area contributed by atoms with Gasteiger partial charge in [0.05, 0.1) is 5.54 Å². The maximum absolute atomic E-state index is 12.5. The normalized spacial score (nSPS) is 11.4. The molecule has 0 aliphatic carbocycles. The van der Waals surface area contributed by atoms with Crippen molar-refractivity contribution in [2.45, 2.75) is 52.6 Å². The molecule has 0 bridgehead atoms. The monoisotopic (exact) mass is 262 g/mol. The molecule has 1 aromatic rings. The van der Waals surface area contributed by atoms with E-state index in [2.05, 4.69) is 25.1 Å². The molecule has 0 fully saturated rings. The molecule has 0 saturated heterocycles. The molecule has 0 aliphatic rings. The summed E-state index contributed by atoms with van der Waals surface area (Å²) < 4.78 is 0. The summed E-state index contributed by atoms with van der Waals surface area (Å²) in [6.45, 7) is 9.33. The molecule has 3 heteroatoms. The summed E-state index contributed by atoms with van der Waals surface area (Å²) in [4.78, 5) is 14.4. The third-order valence-corrected chi connectivity index (χ3v) is 3.81. The van der Waals surface area contributed by atoms with Crippen LogP contribution in [-0.4, -0.2) is 22.9 Å². The van der Waals surface area contributed by atoms with Gasteiger partial charge in [0.1, 0.15) is 0 Å². The minimum Gasteiger partial charge on any atom is -0.337 e. The second-order valence-corrected chi connectivity index (χ2v) is 5.17. The van der Waals surface area contributed by atoms with Crippen LogP contribution in [0.5, 0.6) is 0 Å². The highest BCUT2D eigenvalue weighted by molar-refractivity contribution is 5.86. The number of amides is 1. The van der Waals surface area contributed by atoms with E-state index in [1.807, 2.05) is 31.7 Å². The van der Waals surface area contributed by atoms with Gasteiger partial charge in [0, 0.05) is 13.1 Å². The summed E-state index contributed by atoms with van der Waals surface area (Å²) >= 11 is 0. The van der Waals surface area contributed by atoms with Gasteiger partial charge in [-0.15, -0.1) is 0 Å². The fourth-order valence-corrected chi connectivity index (χ4v) is 2.23. The minimum absolute atomic E-state index is 0.0570. The molecule has 3 nitrogen and oxygen atoms in total. The third kappa shape index (κ3) is 3.80.